The third kappa shape index (κ3) is 4.25. The molecule has 18 heavy (non-hydrogen) atoms. The van der Waals surface area contributed by atoms with Crippen LogP contribution in [0.1, 0.15) is 12.0 Å². The highest BCUT2D eigenvalue weighted by Gasteiger charge is 2.43. The van der Waals surface area contributed by atoms with Crippen molar-refractivity contribution in [1.29, 1.82) is 0 Å². The number of carbonyl (C=O) groups is 1. The van der Waals surface area contributed by atoms with Gasteiger partial charge in [-0.15, -0.1) is 0 Å². The van der Waals surface area contributed by atoms with Crippen LogP contribution in [-0.4, -0.2) is 28.5 Å². The number of halogens is 3. The molecule has 0 aliphatic heterocycles. The van der Waals surface area contributed by atoms with Crippen molar-refractivity contribution in [3.63, 3.8) is 0 Å². The summed E-state index contributed by atoms with van der Waals surface area (Å²) in [6, 6.07) is 5.40. The summed E-state index contributed by atoms with van der Waals surface area (Å²) in [6.45, 7) is -0.340. The molecule has 0 saturated carbocycles. The Hall–Kier alpha value is -1.76. The SMILES string of the molecule is O=C(O)CC(Oc1cccc(CO)c1)C(F)(F)F. The van der Waals surface area contributed by atoms with Crippen LogP contribution in [0.25, 0.3) is 0 Å². The maximum absolute atomic E-state index is 12.5. The normalized spacial score (nSPS) is 13.1. The second-order valence-corrected chi connectivity index (χ2v) is 3.55. The van der Waals surface area contributed by atoms with Crippen molar-refractivity contribution in [1.82, 2.24) is 0 Å². The fourth-order valence-corrected chi connectivity index (χ4v) is 1.26. The van der Waals surface area contributed by atoms with Crippen LogP contribution in [0.4, 0.5) is 13.2 Å². The van der Waals surface area contributed by atoms with E-state index in [-0.39, 0.29) is 12.4 Å². The van der Waals surface area contributed by atoms with Gasteiger partial charge in [0.2, 0.25) is 6.10 Å². The Balaban J connectivity index is 2.85. The van der Waals surface area contributed by atoms with Gasteiger partial charge in [0.25, 0.3) is 0 Å². The zero-order valence-corrected chi connectivity index (χ0v) is 9.15. The van der Waals surface area contributed by atoms with Crippen LogP contribution in [0.2, 0.25) is 0 Å². The molecule has 0 spiro atoms. The molecule has 0 aromatic heterocycles. The van der Waals surface area contributed by atoms with Gasteiger partial charge >= 0.3 is 12.1 Å². The molecular formula is C11H11F3O4. The number of aliphatic carboxylic acids is 1. The molecule has 1 atom stereocenters. The third-order valence-electron chi connectivity index (χ3n) is 2.08. The summed E-state index contributed by atoms with van der Waals surface area (Å²) in [5.41, 5.74) is 0.378. The quantitative estimate of drug-likeness (QED) is 0.853. The van der Waals surface area contributed by atoms with E-state index in [1.807, 2.05) is 0 Å². The lowest BCUT2D eigenvalue weighted by Crippen LogP contribution is -2.36. The van der Waals surface area contributed by atoms with E-state index in [9.17, 15) is 18.0 Å². The van der Waals surface area contributed by atoms with Crippen molar-refractivity contribution in [3.05, 3.63) is 29.8 Å². The van der Waals surface area contributed by atoms with Crippen LogP contribution in [0.5, 0.6) is 5.75 Å². The summed E-state index contributed by atoms with van der Waals surface area (Å²) in [5.74, 6) is -1.74. The monoisotopic (exact) mass is 264 g/mol. The van der Waals surface area contributed by atoms with Crippen molar-refractivity contribution >= 4 is 5.97 Å². The lowest BCUT2D eigenvalue weighted by Gasteiger charge is -2.20. The standard InChI is InChI=1S/C11H11F3O4/c12-11(13,14)9(5-10(16)17)18-8-3-1-2-7(4-8)6-15/h1-4,9,15H,5-6H2,(H,16,17). The molecule has 0 heterocycles. The third-order valence-corrected chi connectivity index (χ3v) is 2.08. The summed E-state index contributed by atoms with van der Waals surface area (Å²) in [7, 11) is 0. The molecule has 0 saturated heterocycles. The second-order valence-electron chi connectivity index (χ2n) is 3.55. The first-order valence-electron chi connectivity index (χ1n) is 4.98. The van der Waals surface area contributed by atoms with Crippen LogP contribution >= 0.6 is 0 Å². The van der Waals surface area contributed by atoms with E-state index in [2.05, 4.69) is 4.74 Å². The van der Waals surface area contributed by atoms with Gasteiger partial charge in [0.05, 0.1) is 13.0 Å². The highest BCUT2D eigenvalue weighted by atomic mass is 19.4. The minimum atomic E-state index is -4.77. The van der Waals surface area contributed by atoms with Crippen LogP contribution in [0.3, 0.4) is 0 Å². The minimum absolute atomic E-state index is 0.134. The molecule has 4 nitrogen and oxygen atoms in total. The number of aliphatic hydroxyl groups excluding tert-OH is 1. The molecule has 1 rings (SSSR count). The van der Waals surface area contributed by atoms with Gasteiger partial charge in [-0.05, 0) is 17.7 Å². The summed E-state index contributed by atoms with van der Waals surface area (Å²) in [4.78, 5) is 10.3. The molecule has 0 radical (unpaired) electrons. The smallest absolute Gasteiger partial charge is 0.425 e. The first-order valence-corrected chi connectivity index (χ1v) is 4.98. The molecule has 100 valence electrons. The van der Waals surface area contributed by atoms with Gasteiger partial charge in [0, 0.05) is 0 Å². The van der Waals surface area contributed by atoms with E-state index in [1.165, 1.54) is 24.3 Å². The van der Waals surface area contributed by atoms with Crippen molar-refractivity contribution < 1.29 is 32.9 Å². The molecule has 0 aliphatic carbocycles. The Morgan fingerprint density at radius 1 is 1.39 bits per heavy atom. The Kier molecular flexibility index (Phi) is 4.55. The van der Waals surface area contributed by atoms with Crippen molar-refractivity contribution in [2.45, 2.75) is 25.3 Å². The number of ether oxygens (including phenoxy) is 1. The van der Waals surface area contributed by atoms with E-state index in [0.717, 1.165) is 0 Å². The molecule has 1 aromatic carbocycles. The molecule has 7 heteroatoms. The number of benzene rings is 1. The van der Waals surface area contributed by atoms with E-state index in [0.29, 0.717) is 5.56 Å². The summed E-state index contributed by atoms with van der Waals surface area (Å²) >= 11 is 0. The number of aliphatic hydroxyl groups is 1. The van der Waals surface area contributed by atoms with Crippen LogP contribution in [-0.2, 0) is 11.4 Å². The Morgan fingerprint density at radius 2 is 2.06 bits per heavy atom. The highest BCUT2D eigenvalue weighted by Crippen LogP contribution is 2.27. The maximum Gasteiger partial charge on any atom is 0.425 e. The van der Waals surface area contributed by atoms with E-state index in [1.54, 1.807) is 0 Å². The van der Waals surface area contributed by atoms with E-state index >= 15 is 0 Å². The van der Waals surface area contributed by atoms with Crippen LogP contribution in [0, 0.1) is 0 Å². The molecule has 0 aliphatic rings. The lowest BCUT2D eigenvalue weighted by molar-refractivity contribution is -0.200. The molecular weight excluding hydrogens is 253 g/mol. The number of rotatable bonds is 5. The molecule has 0 fully saturated rings. The lowest BCUT2D eigenvalue weighted by atomic mass is 10.2. The van der Waals surface area contributed by atoms with Gasteiger partial charge in [-0.1, -0.05) is 12.1 Å². The van der Waals surface area contributed by atoms with Gasteiger partial charge in [-0.2, -0.15) is 13.2 Å². The average Bonchev–Trinajstić information content (AvgIpc) is 2.26. The molecule has 0 bridgehead atoms. The maximum atomic E-state index is 12.5. The molecule has 0 amide bonds. The second kappa shape index (κ2) is 5.72. The van der Waals surface area contributed by atoms with E-state index < -0.39 is 24.7 Å². The highest BCUT2D eigenvalue weighted by molar-refractivity contribution is 5.67. The summed E-state index contributed by atoms with van der Waals surface area (Å²) in [5, 5.41) is 17.2. The molecule has 1 aromatic rings. The first-order chi connectivity index (χ1) is 8.32. The average molecular weight is 264 g/mol. The fraction of sp³-hybridized carbons (Fsp3) is 0.364. The molecule has 2 N–H and O–H groups in total. The molecule has 1 unspecified atom stereocenters. The number of alkyl halides is 3. The van der Waals surface area contributed by atoms with E-state index in [4.69, 9.17) is 10.2 Å². The predicted molar refractivity (Wildman–Crippen MR) is 55.1 cm³/mol. The van der Waals surface area contributed by atoms with Gasteiger partial charge in [0.15, 0.2) is 0 Å². The van der Waals surface area contributed by atoms with Crippen LogP contribution in [0.15, 0.2) is 24.3 Å². The first kappa shape index (κ1) is 14.3. The Bertz CT molecular complexity index is 417. The Morgan fingerprint density at radius 3 is 2.56 bits per heavy atom. The van der Waals surface area contributed by atoms with Gasteiger partial charge in [0.1, 0.15) is 5.75 Å². The number of hydrogen-bond donors (Lipinski definition) is 2. The fourth-order valence-electron chi connectivity index (χ4n) is 1.26. The number of hydrogen-bond acceptors (Lipinski definition) is 3. The Labute approximate surface area is 101 Å². The number of carboxylic acids is 1. The van der Waals surface area contributed by atoms with Crippen molar-refractivity contribution in [3.8, 4) is 5.75 Å². The van der Waals surface area contributed by atoms with Crippen LogP contribution < -0.4 is 4.74 Å². The minimum Gasteiger partial charge on any atom is -0.481 e. The zero-order valence-electron chi connectivity index (χ0n) is 9.15. The summed E-state index contributed by atoms with van der Waals surface area (Å²) < 4.78 is 42.1. The largest absolute Gasteiger partial charge is 0.481 e. The van der Waals surface area contributed by atoms with Crippen molar-refractivity contribution in [2.24, 2.45) is 0 Å². The predicted octanol–water partition coefficient (Wildman–Crippen LogP) is 1.96. The van der Waals surface area contributed by atoms with Gasteiger partial charge < -0.3 is 14.9 Å². The number of carboxylic acid groups (broad SMARTS) is 1. The van der Waals surface area contributed by atoms with Gasteiger partial charge in [-0.3, -0.25) is 4.79 Å². The van der Waals surface area contributed by atoms with Gasteiger partial charge in [-0.25, -0.2) is 0 Å². The summed E-state index contributed by atoms with van der Waals surface area (Å²) in [6.07, 6.45) is -8.36. The topological polar surface area (TPSA) is 66.8 Å². The zero-order chi connectivity index (χ0) is 13.8. The van der Waals surface area contributed by atoms with Crippen molar-refractivity contribution in [2.75, 3.05) is 0 Å².